The third kappa shape index (κ3) is 30.4. The summed E-state index contributed by atoms with van der Waals surface area (Å²) in [6.45, 7) is 4.18. The van der Waals surface area contributed by atoms with E-state index < -0.39 is 89.8 Å². The lowest BCUT2D eigenvalue weighted by atomic mass is 9.99. The van der Waals surface area contributed by atoms with E-state index in [1.165, 1.54) is 51.0 Å². The predicted octanol–water partition coefficient (Wildman–Crippen LogP) is 9.33. The van der Waals surface area contributed by atoms with Crippen molar-refractivity contribution in [2.45, 2.75) is 186 Å². The summed E-state index contributed by atoms with van der Waals surface area (Å²) < 4.78 is 56.7. The molecule has 9 atom stereocenters. The summed E-state index contributed by atoms with van der Waals surface area (Å²) in [5.41, 5.74) is 4.58. The van der Waals surface area contributed by atoms with Crippen LogP contribution >= 0.6 is 15.6 Å². The van der Waals surface area contributed by atoms with E-state index in [1.807, 2.05) is 67.7 Å². The second kappa shape index (κ2) is 37.8. The molecule has 408 valence electrons. The Morgan fingerprint density at radius 1 is 0.792 bits per heavy atom. The van der Waals surface area contributed by atoms with Gasteiger partial charge in [0.25, 0.3) is 0 Å². The largest absolute Gasteiger partial charge is 0.481 e. The molecule has 0 bridgehead atoms. The molecule has 0 spiro atoms. The van der Waals surface area contributed by atoms with E-state index in [0.29, 0.717) is 25.7 Å². The molecule has 7 N–H and O–H groups in total. The van der Waals surface area contributed by atoms with Gasteiger partial charge in [-0.05, 0) is 56.9 Å². The highest BCUT2D eigenvalue weighted by molar-refractivity contribution is 7.61. The number of nitrogens with zero attached hydrogens (tertiary/aromatic N) is 2. The summed E-state index contributed by atoms with van der Waals surface area (Å²) in [5.74, 6) is -0.630. The number of carbonyl (C=O) groups excluding carboxylic acids is 2. The minimum Gasteiger partial charge on any atom is -0.462 e. The number of anilines is 1. The van der Waals surface area contributed by atoms with Gasteiger partial charge in [0.1, 0.15) is 30.7 Å². The number of hydrogen-bond acceptors (Lipinski definition) is 16. The van der Waals surface area contributed by atoms with Crippen LogP contribution in [0, 0.1) is 5.92 Å². The maximum atomic E-state index is 12.8. The van der Waals surface area contributed by atoms with Gasteiger partial charge in [-0.3, -0.25) is 23.2 Å². The Labute approximate surface area is 426 Å². The summed E-state index contributed by atoms with van der Waals surface area (Å²) >= 11 is 0. The number of aliphatic hydroxyl groups is 3. The Hall–Kier alpha value is -3.84. The molecular formula is C51H83N3O16P2. The lowest BCUT2D eigenvalue weighted by molar-refractivity contribution is -0.161. The zero-order chi connectivity index (χ0) is 53.0. The lowest BCUT2D eigenvalue weighted by Gasteiger charge is -2.21. The number of esters is 2. The van der Waals surface area contributed by atoms with Crippen molar-refractivity contribution < 1.29 is 71.4 Å². The van der Waals surface area contributed by atoms with E-state index in [4.69, 9.17) is 29.0 Å². The number of nitrogens with two attached hydrogens (primary N) is 1. The fraction of sp³-hybridized carbons (Fsp3) is 0.647. The third-order valence-electron chi connectivity index (χ3n) is 11.4. The van der Waals surface area contributed by atoms with Crippen molar-refractivity contribution in [3.63, 3.8) is 0 Å². The Balaban J connectivity index is 1.85. The second-order valence-corrected chi connectivity index (χ2v) is 20.8. The molecule has 1 aromatic heterocycles. The molecular weight excluding hydrogens is 973 g/mol. The van der Waals surface area contributed by atoms with Crippen LogP contribution < -0.4 is 11.4 Å². The number of allylic oxidation sites excluding steroid dienone is 10. The first-order valence-electron chi connectivity index (χ1n) is 25.5. The molecule has 1 fully saturated rings. The standard InChI is InChI=1S/C51H83N3O16P2/c1-4-6-26-32-42(55)33-28-23-19-15-10-8-7-9-11-17-21-25-30-35-47(57)68-43(38-65-46(56)34-29-24-20-16-13-12-14-18-22-27-31-41(3)5-2)39-66-71(61,62)70-72(63,64)67-40-44-48(58)49(59)50(69-44)54-37-36-45(52)53-51(54)60/h6,8-11,19,21,23,25-26,28,33,36-37,41-44,48-50,55,58-59H,4-5,7,12-18,20,22,24,27,29-32,34-35,38-40H2,1-3H3,(H,61,62)(H,63,64)(H2,52,53,60)/b10-8-,11-9-,23-19+,25-21-,26-6-,33-28+/t41?,42?,43-,44-,48-,49-,50-/m1/s1. The van der Waals surface area contributed by atoms with Gasteiger partial charge in [0.15, 0.2) is 12.3 Å². The SMILES string of the molecule is CC/C=C\CC(O)/C=C/C=C/C/C=C\C/C=C\C/C=C\CCC(=O)O[C@H](COC(=O)CCCCCCCCCCCCC(C)CC)COP(=O)(O)OP(=O)(O)OC[C@H]1O[C@@H](n2ccc(N)nc2=O)[C@H](O)[C@@H]1O. The molecule has 2 heterocycles. The Kier molecular flexibility index (Phi) is 33.8. The summed E-state index contributed by atoms with van der Waals surface area (Å²) in [6, 6.07) is 1.24. The number of nitrogen functional groups attached to an aromatic ring is 1. The van der Waals surface area contributed by atoms with Crippen LogP contribution in [0.25, 0.3) is 0 Å². The molecule has 0 saturated carbocycles. The van der Waals surface area contributed by atoms with Crippen molar-refractivity contribution in [1.29, 1.82) is 0 Å². The van der Waals surface area contributed by atoms with E-state index >= 15 is 0 Å². The van der Waals surface area contributed by atoms with Gasteiger partial charge in [-0.25, -0.2) is 13.9 Å². The number of unbranched alkanes of at least 4 members (excludes halogenated alkanes) is 9. The summed E-state index contributed by atoms with van der Waals surface area (Å²) in [7, 11) is -10.9. The van der Waals surface area contributed by atoms with Crippen LogP contribution in [0.15, 0.2) is 90.0 Å². The third-order valence-corrected chi connectivity index (χ3v) is 14.0. The average molecular weight is 1060 g/mol. The number of phosphoric acid groups is 2. The molecule has 0 radical (unpaired) electrons. The number of aliphatic hydroxyl groups excluding tert-OH is 3. The van der Waals surface area contributed by atoms with Crippen molar-refractivity contribution in [3.8, 4) is 0 Å². The van der Waals surface area contributed by atoms with Gasteiger partial charge in [0, 0.05) is 19.0 Å². The quantitative estimate of drug-likeness (QED) is 0.0117. The van der Waals surface area contributed by atoms with Gasteiger partial charge < -0.3 is 45.1 Å². The molecule has 1 aromatic rings. The predicted molar refractivity (Wildman–Crippen MR) is 276 cm³/mol. The minimum atomic E-state index is -5.45. The Bertz CT molecular complexity index is 2020. The highest BCUT2D eigenvalue weighted by Gasteiger charge is 2.46. The molecule has 1 aliphatic heterocycles. The zero-order valence-electron chi connectivity index (χ0n) is 42.5. The highest BCUT2D eigenvalue weighted by Crippen LogP contribution is 2.60. The molecule has 1 aliphatic rings. The Morgan fingerprint density at radius 2 is 1.40 bits per heavy atom. The fourth-order valence-electron chi connectivity index (χ4n) is 7.10. The molecule has 21 heteroatoms. The number of hydrogen-bond donors (Lipinski definition) is 6. The Morgan fingerprint density at radius 3 is 2.04 bits per heavy atom. The monoisotopic (exact) mass is 1060 g/mol. The maximum absolute atomic E-state index is 12.8. The van der Waals surface area contributed by atoms with Crippen LogP contribution in [0.1, 0.15) is 155 Å². The smallest absolute Gasteiger partial charge is 0.462 e. The first-order valence-corrected chi connectivity index (χ1v) is 28.4. The van der Waals surface area contributed by atoms with E-state index in [1.54, 1.807) is 12.2 Å². The zero-order valence-corrected chi connectivity index (χ0v) is 44.3. The molecule has 0 aliphatic carbocycles. The normalized spacial score (nSPS) is 20.6. The van der Waals surface area contributed by atoms with Crippen molar-refractivity contribution in [3.05, 3.63) is 95.7 Å². The van der Waals surface area contributed by atoms with E-state index in [2.05, 4.69) is 23.1 Å². The van der Waals surface area contributed by atoms with Crippen LogP contribution in [-0.2, 0) is 46.3 Å². The molecule has 72 heavy (non-hydrogen) atoms. The van der Waals surface area contributed by atoms with Gasteiger partial charge in [0.2, 0.25) is 0 Å². The van der Waals surface area contributed by atoms with Crippen LogP contribution in [-0.4, -0.2) is 96.9 Å². The summed E-state index contributed by atoms with van der Waals surface area (Å²) in [6.07, 6.45) is 33.3. The molecule has 2 rings (SSSR count). The molecule has 1 saturated heterocycles. The fourth-order valence-corrected chi connectivity index (χ4v) is 9.21. The van der Waals surface area contributed by atoms with Crippen molar-refractivity contribution in [2.24, 2.45) is 5.92 Å². The van der Waals surface area contributed by atoms with E-state index in [0.717, 1.165) is 61.6 Å². The lowest BCUT2D eigenvalue weighted by Crippen LogP contribution is -2.36. The van der Waals surface area contributed by atoms with Crippen LogP contribution in [0.4, 0.5) is 5.82 Å². The number of carbonyl (C=O) groups is 2. The van der Waals surface area contributed by atoms with Crippen LogP contribution in [0.5, 0.6) is 0 Å². The first-order chi connectivity index (χ1) is 34.5. The van der Waals surface area contributed by atoms with Gasteiger partial charge in [0.05, 0.1) is 19.3 Å². The van der Waals surface area contributed by atoms with Gasteiger partial charge >= 0.3 is 33.3 Å². The molecule has 4 unspecified atom stereocenters. The topological polar surface area (TPSA) is 286 Å². The average Bonchev–Trinajstić information content (AvgIpc) is 3.61. The minimum absolute atomic E-state index is 0.0930. The highest BCUT2D eigenvalue weighted by atomic mass is 31.3. The van der Waals surface area contributed by atoms with E-state index in [9.17, 15) is 48.6 Å². The number of ether oxygens (including phenoxy) is 3. The van der Waals surface area contributed by atoms with Crippen LogP contribution in [0.2, 0.25) is 0 Å². The van der Waals surface area contributed by atoms with Crippen molar-refractivity contribution in [1.82, 2.24) is 9.55 Å². The van der Waals surface area contributed by atoms with Crippen LogP contribution in [0.3, 0.4) is 0 Å². The second-order valence-electron chi connectivity index (χ2n) is 17.7. The number of rotatable bonds is 40. The van der Waals surface area contributed by atoms with Gasteiger partial charge in [-0.2, -0.15) is 9.29 Å². The summed E-state index contributed by atoms with van der Waals surface area (Å²) in [4.78, 5) is 61.9. The van der Waals surface area contributed by atoms with Crippen molar-refractivity contribution >= 4 is 33.4 Å². The number of aromatic nitrogens is 2. The van der Waals surface area contributed by atoms with E-state index in [-0.39, 0.29) is 18.7 Å². The summed E-state index contributed by atoms with van der Waals surface area (Å²) in [5, 5.41) is 30.8. The maximum Gasteiger partial charge on any atom is 0.481 e. The molecule has 0 amide bonds. The van der Waals surface area contributed by atoms with Crippen molar-refractivity contribution in [2.75, 3.05) is 25.6 Å². The molecule has 0 aromatic carbocycles. The first kappa shape index (κ1) is 64.3. The van der Waals surface area contributed by atoms with Gasteiger partial charge in [-0.1, -0.05) is 164 Å². The van der Waals surface area contributed by atoms with Gasteiger partial charge in [-0.15, -0.1) is 0 Å². The molecule has 19 nitrogen and oxygen atoms in total. The number of phosphoric ester groups is 2.